The molecule has 0 bridgehead atoms. The van der Waals surface area contributed by atoms with Crippen LogP contribution in [-0.4, -0.2) is 16.0 Å². The van der Waals surface area contributed by atoms with Crippen LogP contribution in [0.3, 0.4) is 0 Å². The Morgan fingerprint density at radius 1 is 0.957 bits per heavy atom. The fourth-order valence-corrected chi connectivity index (χ4v) is 3.00. The van der Waals surface area contributed by atoms with Crippen molar-refractivity contribution in [3.05, 3.63) is 76.2 Å². The molecule has 0 aromatic heterocycles. The molecule has 0 unspecified atom stereocenters. The molecule has 0 spiro atoms. The summed E-state index contributed by atoms with van der Waals surface area (Å²) in [7, 11) is 0. The Kier molecular flexibility index (Phi) is 4.25. The molecule has 2 amide bonds. The van der Waals surface area contributed by atoms with E-state index in [1.165, 1.54) is 42.5 Å². The number of hydrogen-bond acceptors (Lipinski definition) is 3. The average Bonchev–Trinajstić information content (AvgIpc) is 2.79. The van der Waals surface area contributed by atoms with E-state index in [1.807, 2.05) is 0 Å². The Labute approximate surface area is 135 Å². The predicted molar refractivity (Wildman–Crippen MR) is 84.3 cm³/mol. The van der Waals surface area contributed by atoms with E-state index < -0.39 is 22.8 Å². The molecule has 1 aliphatic heterocycles. The summed E-state index contributed by atoms with van der Waals surface area (Å²) in [5.41, 5.74) is 0.478. The standard InChI is InChI=1S/C17H11F2NO2S/c18-13-7-3-1-5-11(13)9-15-16(21)20(17(22)23-15)10-12-6-2-4-8-14(12)19/h1-9H,10H2/b15-9-. The van der Waals surface area contributed by atoms with Crippen LogP contribution in [0.25, 0.3) is 6.08 Å². The number of imide groups is 1. The van der Waals surface area contributed by atoms with E-state index in [2.05, 4.69) is 0 Å². The lowest BCUT2D eigenvalue weighted by atomic mass is 10.2. The predicted octanol–water partition coefficient (Wildman–Crippen LogP) is 4.20. The molecule has 3 rings (SSSR count). The highest BCUT2D eigenvalue weighted by atomic mass is 32.2. The maximum absolute atomic E-state index is 13.7. The lowest BCUT2D eigenvalue weighted by Gasteiger charge is -2.12. The number of carbonyl (C=O) groups is 2. The van der Waals surface area contributed by atoms with Crippen LogP contribution in [0, 0.1) is 11.6 Å². The van der Waals surface area contributed by atoms with E-state index in [1.54, 1.807) is 12.1 Å². The Hall–Kier alpha value is -2.47. The molecule has 116 valence electrons. The zero-order chi connectivity index (χ0) is 16.4. The normalized spacial score (nSPS) is 16.4. The third-order valence-electron chi connectivity index (χ3n) is 3.35. The molecule has 2 aromatic carbocycles. The van der Waals surface area contributed by atoms with Crippen LogP contribution in [-0.2, 0) is 11.3 Å². The van der Waals surface area contributed by atoms with Gasteiger partial charge in [0.25, 0.3) is 11.1 Å². The van der Waals surface area contributed by atoms with E-state index in [0.29, 0.717) is 0 Å². The van der Waals surface area contributed by atoms with Gasteiger partial charge in [-0.2, -0.15) is 0 Å². The second-order valence-electron chi connectivity index (χ2n) is 4.88. The minimum absolute atomic E-state index is 0.122. The van der Waals surface area contributed by atoms with Crippen molar-refractivity contribution >= 4 is 29.0 Å². The zero-order valence-electron chi connectivity index (χ0n) is 11.8. The van der Waals surface area contributed by atoms with Gasteiger partial charge in [0.1, 0.15) is 11.6 Å². The molecule has 0 radical (unpaired) electrons. The molecule has 3 nitrogen and oxygen atoms in total. The number of nitrogens with zero attached hydrogens (tertiary/aromatic N) is 1. The Morgan fingerprint density at radius 3 is 2.30 bits per heavy atom. The number of rotatable bonds is 3. The van der Waals surface area contributed by atoms with E-state index in [0.717, 1.165) is 16.7 Å². The first kappa shape index (κ1) is 15.4. The second-order valence-corrected chi connectivity index (χ2v) is 5.87. The van der Waals surface area contributed by atoms with E-state index in [9.17, 15) is 18.4 Å². The van der Waals surface area contributed by atoms with Crippen LogP contribution >= 0.6 is 11.8 Å². The monoisotopic (exact) mass is 331 g/mol. The molecular weight excluding hydrogens is 320 g/mol. The van der Waals surface area contributed by atoms with Gasteiger partial charge in [-0.05, 0) is 30.0 Å². The van der Waals surface area contributed by atoms with Crippen LogP contribution in [0.5, 0.6) is 0 Å². The molecule has 0 N–H and O–H groups in total. The molecule has 23 heavy (non-hydrogen) atoms. The third-order valence-corrected chi connectivity index (χ3v) is 4.26. The Balaban J connectivity index is 1.86. The number of benzene rings is 2. The number of carbonyl (C=O) groups excluding carboxylic acids is 2. The van der Waals surface area contributed by atoms with Crippen LogP contribution in [0.15, 0.2) is 53.4 Å². The largest absolute Gasteiger partial charge is 0.293 e. The van der Waals surface area contributed by atoms with Crippen molar-refractivity contribution in [2.24, 2.45) is 0 Å². The van der Waals surface area contributed by atoms with Crippen LogP contribution < -0.4 is 0 Å². The van der Waals surface area contributed by atoms with E-state index >= 15 is 0 Å². The van der Waals surface area contributed by atoms with Gasteiger partial charge in [-0.1, -0.05) is 36.4 Å². The van der Waals surface area contributed by atoms with Crippen molar-refractivity contribution < 1.29 is 18.4 Å². The van der Waals surface area contributed by atoms with Crippen molar-refractivity contribution in [1.29, 1.82) is 0 Å². The van der Waals surface area contributed by atoms with Gasteiger partial charge in [-0.15, -0.1) is 0 Å². The maximum atomic E-state index is 13.7. The summed E-state index contributed by atoms with van der Waals surface area (Å²) in [6.07, 6.45) is 1.33. The third kappa shape index (κ3) is 3.17. The molecule has 1 fully saturated rings. The summed E-state index contributed by atoms with van der Waals surface area (Å²) >= 11 is 0.720. The SMILES string of the molecule is O=C1S/C(=C\c2ccccc2F)C(=O)N1Cc1ccccc1F. The van der Waals surface area contributed by atoms with Crippen molar-refractivity contribution in [2.75, 3.05) is 0 Å². The van der Waals surface area contributed by atoms with E-state index in [4.69, 9.17) is 0 Å². The van der Waals surface area contributed by atoms with Crippen molar-refractivity contribution in [3.8, 4) is 0 Å². The van der Waals surface area contributed by atoms with Gasteiger partial charge in [0.05, 0.1) is 11.4 Å². The van der Waals surface area contributed by atoms with Gasteiger partial charge in [0, 0.05) is 11.1 Å². The number of amides is 2. The first-order valence-electron chi connectivity index (χ1n) is 6.79. The average molecular weight is 331 g/mol. The molecular formula is C17H11F2NO2S. The van der Waals surface area contributed by atoms with Crippen molar-refractivity contribution in [1.82, 2.24) is 4.90 Å². The lowest BCUT2D eigenvalue weighted by molar-refractivity contribution is -0.123. The van der Waals surface area contributed by atoms with Crippen molar-refractivity contribution in [3.63, 3.8) is 0 Å². The molecule has 0 atom stereocenters. The second kappa shape index (κ2) is 6.34. The highest BCUT2D eigenvalue weighted by molar-refractivity contribution is 8.18. The summed E-state index contributed by atoms with van der Waals surface area (Å²) in [5, 5.41) is -0.499. The molecule has 2 aromatic rings. The fourth-order valence-electron chi connectivity index (χ4n) is 2.17. The number of hydrogen-bond donors (Lipinski definition) is 0. The number of halogens is 2. The van der Waals surface area contributed by atoms with Crippen LogP contribution in [0.1, 0.15) is 11.1 Å². The summed E-state index contributed by atoms with van der Waals surface area (Å²) in [5.74, 6) is -1.51. The van der Waals surface area contributed by atoms with Gasteiger partial charge in [0.15, 0.2) is 0 Å². The van der Waals surface area contributed by atoms with Gasteiger partial charge in [0.2, 0.25) is 0 Å². The summed E-state index contributed by atoms with van der Waals surface area (Å²) in [4.78, 5) is 25.4. The summed E-state index contributed by atoms with van der Waals surface area (Å²) in [6, 6.07) is 11.9. The Morgan fingerprint density at radius 2 is 1.61 bits per heavy atom. The van der Waals surface area contributed by atoms with Gasteiger partial charge in [-0.25, -0.2) is 8.78 Å². The molecule has 0 saturated carbocycles. The molecule has 1 heterocycles. The van der Waals surface area contributed by atoms with E-state index in [-0.39, 0.29) is 22.6 Å². The van der Waals surface area contributed by atoms with Crippen LogP contribution in [0.2, 0.25) is 0 Å². The quantitative estimate of drug-likeness (QED) is 0.791. The van der Waals surface area contributed by atoms with Crippen LogP contribution in [0.4, 0.5) is 13.6 Å². The molecule has 1 saturated heterocycles. The van der Waals surface area contributed by atoms with Gasteiger partial charge in [-0.3, -0.25) is 14.5 Å². The highest BCUT2D eigenvalue weighted by Crippen LogP contribution is 2.33. The molecule has 1 aliphatic rings. The highest BCUT2D eigenvalue weighted by Gasteiger charge is 2.35. The fraction of sp³-hybridized carbons (Fsp3) is 0.0588. The lowest BCUT2D eigenvalue weighted by Crippen LogP contribution is -2.27. The summed E-state index contributed by atoms with van der Waals surface area (Å²) < 4.78 is 27.3. The topological polar surface area (TPSA) is 37.4 Å². The Bertz CT molecular complexity index is 820. The maximum Gasteiger partial charge on any atom is 0.293 e. The smallest absolute Gasteiger partial charge is 0.268 e. The summed E-state index contributed by atoms with van der Waals surface area (Å²) in [6.45, 7) is -0.147. The first-order chi connectivity index (χ1) is 11.1. The van der Waals surface area contributed by atoms with Crippen molar-refractivity contribution in [2.45, 2.75) is 6.54 Å². The first-order valence-corrected chi connectivity index (χ1v) is 7.61. The molecule has 6 heteroatoms. The van der Waals surface area contributed by atoms with Gasteiger partial charge < -0.3 is 0 Å². The van der Waals surface area contributed by atoms with Gasteiger partial charge >= 0.3 is 0 Å². The zero-order valence-corrected chi connectivity index (χ0v) is 12.6. The number of thioether (sulfide) groups is 1. The minimum atomic E-state index is -0.550. The molecule has 0 aliphatic carbocycles. The minimum Gasteiger partial charge on any atom is -0.268 e.